The van der Waals surface area contributed by atoms with Crippen LogP contribution in [0, 0.1) is 5.92 Å². The van der Waals surface area contributed by atoms with Gasteiger partial charge in [-0.2, -0.15) is 13.2 Å². The summed E-state index contributed by atoms with van der Waals surface area (Å²) in [6.07, 6.45) is -0.425. The van der Waals surface area contributed by atoms with Gasteiger partial charge in [0.05, 0.1) is 35.9 Å². The van der Waals surface area contributed by atoms with Gasteiger partial charge in [0.25, 0.3) is 0 Å². The van der Waals surface area contributed by atoms with Crippen molar-refractivity contribution in [3.05, 3.63) is 81.0 Å². The van der Waals surface area contributed by atoms with Gasteiger partial charge in [0.2, 0.25) is 0 Å². The molecule has 3 aromatic heterocycles. The van der Waals surface area contributed by atoms with Crippen LogP contribution in [-0.2, 0) is 18.0 Å². The van der Waals surface area contributed by atoms with E-state index in [9.17, 15) is 18.0 Å². The van der Waals surface area contributed by atoms with Crippen molar-refractivity contribution in [2.24, 2.45) is 13.0 Å². The maximum atomic E-state index is 13.6. The number of aryl methyl sites for hydroxylation is 1. The van der Waals surface area contributed by atoms with Crippen LogP contribution in [0.5, 0.6) is 0 Å². The average Bonchev–Trinajstić information content (AvgIpc) is 3.27. The number of aromatic nitrogens is 5. The summed E-state index contributed by atoms with van der Waals surface area (Å²) in [7, 11) is 1.85. The Morgan fingerprint density at radius 3 is 2.62 bits per heavy atom. The second-order valence-corrected chi connectivity index (χ2v) is 8.69. The van der Waals surface area contributed by atoms with Crippen molar-refractivity contribution >= 4 is 21.4 Å². The zero-order chi connectivity index (χ0) is 22.6. The first-order valence-corrected chi connectivity index (χ1v) is 10.6. The Morgan fingerprint density at radius 2 is 2.00 bits per heavy atom. The molecule has 11 heteroatoms. The number of rotatable bonds is 4. The third-order valence-corrected chi connectivity index (χ3v) is 6.14. The largest absolute Gasteiger partial charge is 0.418 e. The van der Waals surface area contributed by atoms with Gasteiger partial charge in [-0.05, 0) is 39.7 Å². The van der Waals surface area contributed by atoms with Crippen molar-refractivity contribution in [2.45, 2.75) is 12.1 Å². The van der Waals surface area contributed by atoms with Gasteiger partial charge in [-0.25, -0.2) is 4.79 Å². The number of hydrogen-bond donors (Lipinski definition) is 0. The number of ether oxygens (including phenoxy) is 1. The van der Waals surface area contributed by atoms with Gasteiger partial charge >= 0.3 is 11.9 Å². The first-order valence-electron chi connectivity index (χ1n) is 9.76. The molecule has 0 unspecified atom stereocenters. The molecule has 4 aromatic rings. The van der Waals surface area contributed by atoms with Crippen molar-refractivity contribution in [2.75, 3.05) is 13.2 Å². The van der Waals surface area contributed by atoms with Gasteiger partial charge in [-0.15, -0.1) is 10.2 Å². The highest BCUT2D eigenvalue weighted by Gasteiger charge is 2.35. The molecule has 166 valence electrons. The maximum absolute atomic E-state index is 13.6. The summed E-state index contributed by atoms with van der Waals surface area (Å²) in [5.41, 5.74) is -0.346. The summed E-state index contributed by atoms with van der Waals surface area (Å²) >= 11 is 3.07. The lowest BCUT2D eigenvalue weighted by Crippen LogP contribution is -2.35. The van der Waals surface area contributed by atoms with E-state index in [2.05, 4.69) is 26.1 Å². The molecule has 5 rings (SSSR count). The lowest BCUT2D eigenvalue weighted by atomic mass is 9.84. The van der Waals surface area contributed by atoms with E-state index >= 15 is 0 Å². The normalized spacial score (nSPS) is 15.8. The Hall–Kier alpha value is -2.92. The molecule has 0 amide bonds. The van der Waals surface area contributed by atoms with Gasteiger partial charge in [0, 0.05) is 29.8 Å². The molecule has 0 aliphatic carbocycles. The number of hydrogen-bond acceptors (Lipinski definition) is 4. The van der Waals surface area contributed by atoms with Crippen molar-refractivity contribution in [3.63, 3.8) is 0 Å². The third-order valence-electron chi connectivity index (χ3n) is 5.71. The van der Waals surface area contributed by atoms with Crippen LogP contribution < -0.4 is 5.69 Å². The molecule has 1 fully saturated rings. The van der Waals surface area contributed by atoms with Crippen molar-refractivity contribution in [3.8, 4) is 5.69 Å². The Morgan fingerprint density at radius 1 is 1.22 bits per heavy atom. The molecule has 0 spiro atoms. The second-order valence-electron chi connectivity index (χ2n) is 7.78. The van der Waals surface area contributed by atoms with Crippen LogP contribution in [0.3, 0.4) is 0 Å². The monoisotopic (exact) mass is 507 g/mol. The van der Waals surface area contributed by atoms with E-state index in [4.69, 9.17) is 4.74 Å². The predicted molar refractivity (Wildman–Crippen MR) is 113 cm³/mol. The van der Waals surface area contributed by atoms with Gasteiger partial charge in [-0.3, -0.25) is 8.97 Å². The minimum absolute atomic E-state index is 0.121. The highest BCUT2D eigenvalue weighted by Crippen LogP contribution is 2.36. The fourth-order valence-corrected chi connectivity index (χ4v) is 4.52. The Labute approximate surface area is 188 Å². The third kappa shape index (κ3) is 3.45. The van der Waals surface area contributed by atoms with E-state index in [0.717, 1.165) is 21.9 Å². The molecule has 0 N–H and O–H groups in total. The number of imidazole rings is 1. The first kappa shape index (κ1) is 21.0. The van der Waals surface area contributed by atoms with E-state index < -0.39 is 17.4 Å². The number of pyridine rings is 1. The summed E-state index contributed by atoms with van der Waals surface area (Å²) in [4.78, 5) is 13.0. The topological polar surface area (TPSA) is 66.3 Å². The number of alkyl halides is 3. The van der Waals surface area contributed by atoms with E-state index in [1.165, 1.54) is 17.0 Å². The minimum Gasteiger partial charge on any atom is -0.381 e. The van der Waals surface area contributed by atoms with E-state index in [1.807, 2.05) is 17.7 Å². The number of halogens is 4. The van der Waals surface area contributed by atoms with E-state index in [-0.39, 0.29) is 21.8 Å². The smallest absolute Gasteiger partial charge is 0.381 e. The fraction of sp³-hybridized carbons (Fsp3) is 0.286. The molecule has 0 radical (unpaired) electrons. The molecule has 0 bridgehead atoms. The van der Waals surface area contributed by atoms with Gasteiger partial charge in [0.15, 0.2) is 0 Å². The zero-order valence-electron chi connectivity index (χ0n) is 16.8. The van der Waals surface area contributed by atoms with E-state index in [0.29, 0.717) is 18.9 Å². The van der Waals surface area contributed by atoms with Crippen molar-refractivity contribution in [1.29, 1.82) is 0 Å². The molecule has 0 saturated carbocycles. The van der Waals surface area contributed by atoms with Gasteiger partial charge < -0.3 is 9.30 Å². The first-order chi connectivity index (χ1) is 15.2. The average molecular weight is 508 g/mol. The predicted octanol–water partition coefficient (Wildman–Crippen LogP) is 3.78. The lowest BCUT2D eigenvalue weighted by Gasteiger charge is -2.33. The van der Waals surface area contributed by atoms with Crippen LogP contribution in [0.25, 0.3) is 11.2 Å². The van der Waals surface area contributed by atoms with Crippen LogP contribution in [0.15, 0.2) is 58.3 Å². The molecule has 1 aliphatic heterocycles. The summed E-state index contributed by atoms with van der Waals surface area (Å²) in [6, 6.07) is 8.16. The zero-order valence-corrected chi connectivity index (χ0v) is 18.3. The number of benzene rings is 1. The van der Waals surface area contributed by atoms with Gasteiger partial charge in [0.1, 0.15) is 12.2 Å². The van der Waals surface area contributed by atoms with Crippen molar-refractivity contribution < 1.29 is 17.9 Å². The summed E-state index contributed by atoms with van der Waals surface area (Å²) in [5, 5.41) is 8.23. The number of fused-ring (bicyclic) bond motifs is 1. The Bertz CT molecular complexity index is 1370. The summed E-state index contributed by atoms with van der Waals surface area (Å²) in [5.74, 6) is 0.822. The standard InChI is InChI=1S/C21H17BrF3N5O2/c1-28-11-26-27-19(28)18(13-9-32-10-13)12-3-2-4-15(5-12)29-8-17-16(21(23,24)25)6-14(22)7-30(17)20(29)31/h2-8,11,13,18H,9-10H2,1H3/t18-/m1/s1. The van der Waals surface area contributed by atoms with Gasteiger partial charge in [-0.1, -0.05) is 12.1 Å². The quantitative estimate of drug-likeness (QED) is 0.421. The Kier molecular flexibility index (Phi) is 4.97. The molecule has 4 heterocycles. The lowest BCUT2D eigenvalue weighted by molar-refractivity contribution is -0.136. The van der Waals surface area contributed by atoms with Crippen molar-refractivity contribution in [1.82, 2.24) is 23.7 Å². The highest BCUT2D eigenvalue weighted by atomic mass is 79.9. The Balaban J connectivity index is 1.66. The van der Waals surface area contributed by atoms with Crippen LogP contribution >= 0.6 is 15.9 Å². The molecule has 7 nitrogen and oxygen atoms in total. The minimum atomic E-state index is -4.60. The molecule has 1 aliphatic rings. The van der Waals surface area contributed by atoms with Crippen LogP contribution in [-0.4, -0.2) is 36.9 Å². The highest BCUT2D eigenvalue weighted by molar-refractivity contribution is 9.10. The van der Waals surface area contributed by atoms with Crippen LogP contribution in [0.4, 0.5) is 13.2 Å². The molecular weight excluding hydrogens is 491 g/mol. The fourth-order valence-electron chi connectivity index (χ4n) is 4.09. The molecule has 32 heavy (non-hydrogen) atoms. The molecule has 1 aromatic carbocycles. The van der Waals surface area contributed by atoms with E-state index in [1.54, 1.807) is 24.5 Å². The maximum Gasteiger partial charge on any atom is 0.418 e. The van der Waals surface area contributed by atoms with Crippen LogP contribution in [0.2, 0.25) is 0 Å². The molecular formula is C21H17BrF3N5O2. The number of nitrogens with zero attached hydrogens (tertiary/aromatic N) is 5. The second kappa shape index (κ2) is 7.59. The summed E-state index contributed by atoms with van der Waals surface area (Å²) < 4.78 is 50.3. The molecule has 1 saturated heterocycles. The molecule has 1 atom stereocenters. The summed E-state index contributed by atoms with van der Waals surface area (Å²) in [6.45, 7) is 1.14. The van der Waals surface area contributed by atoms with Crippen LogP contribution in [0.1, 0.15) is 22.9 Å². The SMILES string of the molecule is Cn1cnnc1[C@H](c1cccc(-n2cc3c(C(F)(F)F)cc(Br)cn3c2=O)c1)C1COC1.